The summed E-state index contributed by atoms with van der Waals surface area (Å²) in [6.07, 6.45) is -0.963. The number of nitrogen functional groups attached to an aromatic ring is 1. The van der Waals surface area contributed by atoms with Crippen LogP contribution in [-0.2, 0) is 13.1 Å². The maximum Gasteiger partial charge on any atom is 0.257 e. The molecule has 8 heteroatoms. The standard InChI is InChI=1S/C21H17F2N5O/c1-12(7-24)9-27-10-16-15(4-5-17(25)20(16)21(27)29)13-2-3-14-8-26-28(11-19(22)23)18(14)6-13/h2-6,8,19H,1,9-11,25H2. The van der Waals surface area contributed by atoms with Gasteiger partial charge in [0.25, 0.3) is 12.3 Å². The van der Waals surface area contributed by atoms with Crippen molar-refractivity contribution in [2.45, 2.75) is 19.5 Å². The zero-order valence-electron chi connectivity index (χ0n) is 15.4. The molecule has 0 fully saturated rings. The second-order valence-electron chi connectivity index (χ2n) is 6.92. The molecular weight excluding hydrogens is 376 g/mol. The highest BCUT2D eigenvalue weighted by Crippen LogP contribution is 2.37. The van der Waals surface area contributed by atoms with Crippen LogP contribution in [0.2, 0.25) is 0 Å². The van der Waals surface area contributed by atoms with Crippen LogP contribution < -0.4 is 5.73 Å². The number of anilines is 1. The zero-order valence-corrected chi connectivity index (χ0v) is 15.4. The molecule has 0 saturated carbocycles. The molecule has 0 saturated heterocycles. The molecule has 2 N–H and O–H groups in total. The van der Waals surface area contributed by atoms with Gasteiger partial charge in [-0.1, -0.05) is 24.8 Å². The van der Waals surface area contributed by atoms with E-state index in [0.717, 1.165) is 22.1 Å². The lowest BCUT2D eigenvalue weighted by molar-refractivity contribution is 0.0794. The second kappa shape index (κ2) is 7.02. The summed E-state index contributed by atoms with van der Waals surface area (Å²) in [4.78, 5) is 14.3. The molecule has 1 aliphatic heterocycles. The zero-order chi connectivity index (χ0) is 20.7. The van der Waals surface area contributed by atoms with Crippen molar-refractivity contribution in [2.24, 2.45) is 0 Å². The average molecular weight is 393 g/mol. The summed E-state index contributed by atoms with van der Waals surface area (Å²) in [6.45, 7) is 3.57. The summed E-state index contributed by atoms with van der Waals surface area (Å²) in [5, 5.41) is 13.8. The highest BCUT2D eigenvalue weighted by atomic mass is 19.3. The Morgan fingerprint density at radius 2 is 2.14 bits per heavy atom. The van der Waals surface area contributed by atoms with E-state index < -0.39 is 13.0 Å². The first-order chi connectivity index (χ1) is 13.9. The summed E-state index contributed by atoms with van der Waals surface area (Å²) in [7, 11) is 0. The van der Waals surface area contributed by atoms with Crippen molar-refractivity contribution in [3.63, 3.8) is 0 Å². The van der Waals surface area contributed by atoms with E-state index in [9.17, 15) is 13.6 Å². The van der Waals surface area contributed by atoms with Gasteiger partial charge in [0.05, 0.1) is 29.9 Å². The molecule has 1 aromatic heterocycles. The van der Waals surface area contributed by atoms with Gasteiger partial charge in [0, 0.05) is 23.2 Å². The fourth-order valence-electron chi connectivity index (χ4n) is 3.68. The van der Waals surface area contributed by atoms with Gasteiger partial charge in [-0.2, -0.15) is 10.4 Å². The lowest BCUT2D eigenvalue weighted by Crippen LogP contribution is -2.26. The first kappa shape index (κ1) is 18.6. The Labute approximate surface area is 165 Å². The molecule has 146 valence electrons. The number of nitrogens with zero attached hydrogens (tertiary/aromatic N) is 4. The molecule has 1 amide bonds. The SMILES string of the molecule is C=C(C#N)CN1Cc2c(-c3ccc4cnn(CC(F)F)c4c3)ccc(N)c2C1=O. The quantitative estimate of drug-likeness (QED) is 0.530. The Morgan fingerprint density at radius 1 is 1.34 bits per heavy atom. The van der Waals surface area contributed by atoms with Gasteiger partial charge in [0.2, 0.25) is 0 Å². The van der Waals surface area contributed by atoms with Crippen LogP contribution in [0.1, 0.15) is 15.9 Å². The molecule has 29 heavy (non-hydrogen) atoms. The third-order valence-electron chi connectivity index (χ3n) is 5.00. The lowest BCUT2D eigenvalue weighted by Gasteiger charge is -2.14. The minimum absolute atomic E-state index is 0.128. The predicted octanol–water partition coefficient (Wildman–Crippen LogP) is 3.59. The van der Waals surface area contributed by atoms with Crippen LogP contribution in [0, 0.1) is 11.3 Å². The molecule has 0 aliphatic carbocycles. The molecule has 3 aromatic rings. The van der Waals surface area contributed by atoms with Crippen molar-refractivity contribution in [1.29, 1.82) is 5.26 Å². The van der Waals surface area contributed by atoms with Gasteiger partial charge in [-0.15, -0.1) is 0 Å². The highest BCUT2D eigenvalue weighted by Gasteiger charge is 2.32. The number of alkyl halides is 2. The van der Waals surface area contributed by atoms with Crippen molar-refractivity contribution in [2.75, 3.05) is 12.3 Å². The van der Waals surface area contributed by atoms with Gasteiger partial charge in [0.15, 0.2) is 0 Å². The Hall–Kier alpha value is -3.73. The maximum absolute atomic E-state index is 12.8. The van der Waals surface area contributed by atoms with Crippen LogP contribution in [0.4, 0.5) is 14.5 Å². The number of hydrogen-bond donors (Lipinski definition) is 1. The van der Waals surface area contributed by atoms with Crippen molar-refractivity contribution in [3.8, 4) is 17.2 Å². The van der Waals surface area contributed by atoms with Gasteiger partial charge in [0.1, 0.15) is 6.54 Å². The van der Waals surface area contributed by atoms with Crippen molar-refractivity contribution >= 4 is 22.5 Å². The second-order valence-corrected chi connectivity index (χ2v) is 6.92. The Morgan fingerprint density at radius 3 is 2.86 bits per heavy atom. The molecule has 2 aromatic carbocycles. The number of hydrogen-bond acceptors (Lipinski definition) is 4. The number of carbonyl (C=O) groups excluding carboxylic acids is 1. The minimum atomic E-state index is -2.51. The molecule has 2 heterocycles. The first-order valence-corrected chi connectivity index (χ1v) is 8.91. The number of carbonyl (C=O) groups is 1. The fraction of sp³-hybridized carbons (Fsp3) is 0.190. The first-order valence-electron chi connectivity index (χ1n) is 8.91. The molecule has 4 rings (SSSR count). The van der Waals surface area contributed by atoms with E-state index in [1.165, 1.54) is 9.58 Å². The van der Waals surface area contributed by atoms with Crippen LogP contribution in [-0.4, -0.2) is 33.6 Å². The molecule has 6 nitrogen and oxygen atoms in total. The number of rotatable bonds is 5. The van der Waals surface area contributed by atoms with Gasteiger partial charge < -0.3 is 10.6 Å². The van der Waals surface area contributed by atoms with E-state index in [2.05, 4.69) is 11.7 Å². The number of halogens is 2. The Bertz CT molecular complexity index is 1190. The largest absolute Gasteiger partial charge is 0.398 e. The van der Waals surface area contributed by atoms with Crippen LogP contribution in [0.5, 0.6) is 0 Å². The average Bonchev–Trinajstić information content (AvgIpc) is 3.23. The fourth-order valence-corrected chi connectivity index (χ4v) is 3.68. The highest BCUT2D eigenvalue weighted by molar-refractivity contribution is 6.05. The van der Waals surface area contributed by atoms with E-state index >= 15 is 0 Å². The molecule has 1 aliphatic rings. The molecule has 0 unspecified atom stereocenters. The van der Waals surface area contributed by atoms with E-state index in [-0.39, 0.29) is 18.0 Å². The van der Waals surface area contributed by atoms with Gasteiger partial charge >= 0.3 is 0 Å². The number of fused-ring (bicyclic) bond motifs is 2. The normalized spacial score (nSPS) is 13.2. The van der Waals surface area contributed by atoms with E-state index in [1.54, 1.807) is 18.3 Å². The van der Waals surface area contributed by atoms with Crippen LogP contribution in [0.3, 0.4) is 0 Å². The number of amides is 1. The van der Waals surface area contributed by atoms with Crippen LogP contribution in [0.15, 0.2) is 48.7 Å². The number of benzene rings is 2. The van der Waals surface area contributed by atoms with Gasteiger partial charge in [-0.05, 0) is 28.8 Å². The minimum Gasteiger partial charge on any atom is -0.398 e. The summed E-state index contributed by atoms with van der Waals surface area (Å²) in [5.74, 6) is -0.250. The third-order valence-corrected chi connectivity index (χ3v) is 5.00. The van der Waals surface area contributed by atoms with Gasteiger partial charge in [-0.25, -0.2) is 8.78 Å². The topological polar surface area (TPSA) is 87.9 Å². The van der Waals surface area contributed by atoms with Crippen molar-refractivity contribution in [3.05, 3.63) is 59.8 Å². The Kier molecular flexibility index (Phi) is 4.51. The third kappa shape index (κ3) is 3.21. The van der Waals surface area contributed by atoms with E-state index in [0.29, 0.717) is 23.3 Å². The van der Waals surface area contributed by atoms with E-state index in [4.69, 9.17) is 11.0 Å². The molecule has 0 radical (unpaired) electrons. The molecule has 0 atom stereocenters. The number of nitrogens with two attached hydrogens (primary N) is 1. The van der Waals surface area contributed by atoms with Crippen molar-refractivity contribution in [1.82, 2.24) is 14.7 Å². The molecule has 0 spiro atoms. The predicted molar refractivity (Wildman–Crippen MR) is 105 cm³/mol. The Balaban J connectivity index is 1.79. The van der Waals surface area contributed by atoms with Crippen LogP contribution >= 0.6 is 0 Å². The summed E-state index contributed by atoms with van der Waals surface area (Å²) >= 11 is 0. The monoisotopic (exact) mass is 393 g/mol. The smallest absolute Gasteiger partial charge is 0.257 e. The number of nitriles is 1. The van der Waals surface area contributed by atoms with Gasteiger partial charge in [-0.3, -0.25) is 9.48 Å². The molecule has 0 bridgehead atoms. The summed E-state index contributed by atoms with van der Waals surface area (Å²) < 4.78 is 27.0. The van der Waals surface area contributed by atoms with Crippen molar-refractivity contribution < 1.29 is 13.6 Å². The van der Waals surface area contributed by atoms with Crippen LogP contribution in [0.25, 0.3) is 22.0 Å². The summed E-state index contributed by atoms with van der Waals surface area (Å²) in [6, 6.07) is 10.9. The number of aromatic nitrogens is 2. The van der Waals surface area contributed by atoms with E-state index in [1.807, 2.05) is 24.3 Å². The lowest BCUT2D eigenvalue weighted by atomic mass is 9.95. The maximum atomic E-state index is 12.8. The summed E-state index contributed by atoms with van der Waals surface area (Å²) in [5.41, 5.74) is 10.0. The molecular formula is C21H17F2N5O.